The maximum atomic E-state index is 11.8. The summed E-state index contributed by atoms with van der Waals surface area (Å²) < 4.78 is 0.611. The van der Waals surface area contributed by atoms with Gasteiger partial charge in [0, 0.05) is 37.8 Å². The summed E-state index contributed by atoms with van der Waals surface area (Å²) in [5.74, 6) is -0.142. The molecule has 0 aliphatic heterocycles. The van der Waals surface area contributed by atoms with Crippen molar-refractivity contribution in [3.63, 3.8) is 0 Å². The first-order valence-electron chi connectivity index (χ1n) is 6.26. The van der Waals surface area contributed by atoms with Gasteiger partial charge in [0.15, 0.2) is 0 Å². The highest BCUT2D eigenvalue weighted by Gasteiger charge is 2.10. The predicted octanol–water partition coefficient (Wildman–Crippen LogP) is 1.83. The second-order valence-corrected chi connectivity index (χ2v) is 4.75. The molecular formula is C13H18BrN3O2. The van der Waals surface area contributed by atoms with Crippen molar-refractivity contribution >= 4 is 27.7 Å². The molecule has 0 saturated heterocycles. The number of rotatable bonds is 6. The lowest BCUT2D eigenvalue weighted by molar-refractivity contribution is -0.130. The summed E-state index contributed by atoms with van der Waals surface area (Å²) >= 11 is 3.21. The number of nitrogens with zero attached hydrogens (tertiary/aromatic N) is 2. The van der Waals surface area contributed by atoms with E-state index in [0.29, 0.717) is 36.2 Å². The molecule has 0 aliphatic rings. The molecule has 6 heteroatoms. The maximum absolute atomic E-state index is 11.8. The van der Waals surface area contributed by atoms with Crippen LogP contribution in [0.15, 0.2) is 22.9 Å². The van der Waals surface area contributed by atoms with E-state index in [1.165, 1.54) is 0 Å². The number of nitrogens with one attached hydrogen (secondary N) is 1. The molecule has 19 heavy (non-hydrogen) atoms. The van der Waals surface area contributed by atoms with E-state index in [0.717, 1.165) is 0 Å². The Balaban J connectivity index is 2.41. The van der Waals surface area contributed by atoms with Crippen molar-refractivity contribution in [1.82, 2.24) is 15.2 Å². The number of carbonyl (C=O) groups excluding carboxylic acids is 2. The van der Waals surface area contributed by atoms with Crippen LogP contribution < -0.4 is 5.32 Å². The van der Waals surface area contributed by atoms with Gasteiger partial charge in [-0.25, -0.2) is 4.98 Å². The standard InChI is InChI=1S/C13H18BrN3O2/c1-3-17(4-2)12(18)6-8-16-13(19)10-5-7-15-11(14)9-10/h5,7,9H,3-4,6,8H2,1-2H3,(H,16,19). The first kappa shape index (κ1) is 15.6. The third-order valence-electron chi connectivity index (χ3n) is 2.73. The average molecular weight is 328 g/mol. The molecule has 0 aromatic carbocycles. The first-order valence-corrected chi connectivity index (χ1v) is 7.05. The van der Waals surface area contributed by atoms with Crippen molar-refractivity contribution in [3.8, 4) is 0 Å². The van der Waals surface area contributed by atoms with Crippen molar-refractivity contribution in [2.75, 3.05) is 19.6 Å². The van der Waals surface area contributed by atoms with Crippen molar-refractivity contribution in [2.45, 2.75) is 20.3 Å². The molecule has 0 unspecified atom stereocenters. The Morgan fingerprint density at radius 1 is 1.37 bits per heavy atom. The minimum Gasteiger partial charge on any atom is -0.352 e. The molecule has 1 N–H and O–H groups in total. The van der Waals surface area contributed by atoms with Gasteiger partial charge in [-0.15, -0.1) is 0 Å². The summed E-state index contributed by atoms with van der Waals surface area (Å²) in [5.41, 5.74) is 0.525. The van der Waals surface area contributed by atoms with E-state index >= 15 is 0 Å². The van der Waals surface area contributed by atoms with Crippen molar-refractivity contribution in [1.29, 1.82) is 0 Å². The van der Waals surface area contributed by atoms with Gasteiger partial charge in [0.25, 0.3) is 5.91 Å². The van der Waals surface area contributed by atoms with Crippen LogP contribution in [-0.4, -0.2) is 41.3 Å². The summed E-state index contributed by atoms with van der Waals surface area (Å²) in [6, 6.07) is 3.27. The predicted molar refractivity (Wildman–Crippen MR) is 76.8 cm³/mol. The van der Waals surface area contributed by atoms with Gasteiger partial charge in [0.05, 0.1) is 0 Å². The van der Waals surface area contributed by atoms with E-state index in [2.05, 4.69) is 26.2 Å². The zero-order valence-electron chi connectivity index (χ0n) is 11.1. The molecule has 0 saturated carbocycles. The van der Waals surface area contributed by atoms with E-state index in [9.17, 15) is 9.59 Å². The van der Waals surface area contributed by atoms with Crippen molar-refractivity contribution < 1.29 is 9.59 Å². The molecule has 2 amide bonds. The summed E-state index contributed by atoms with van der Waals surface area (Å²) in [4.78, 5) is 29.2. The quantitative estimate of drug-likeness (QED) is 0.811. The highest BCUT2D eigenvalue weighted by atomic mass is 79.9. The zero-order valence-corrected chi connectivity index (χ0v) is 12.7. The number of hydrogen-bond acceptors (Lipinski definition) is 3. The third-order valence-corrected chi connectivity index (χ3v) is 3.16. The van der Waals surface area contributed by atoms with Gasteiger partial charge in [0.1, 0.15) is 4.60 Å². The minimum absolute atomic E-state index is 0.0567. The monoisotopic (exact) mass is 327 g/mol. The molecule has 0 aliphatic carbocycles. The number of amides is 2. The Labute approximate surface area is 121 Å². The largest absolute Gasteiger partial charge is 0.352 e. The molecule has 0 spiro atoms. The topological polar surface area (TPSA) is 62.3 Å². The normalized spacial score (nSPS) is 10.1. The third kappa shape index (κ3) is 4.98. The van der Waals surface area contributed by atoms with Gasteiger partial charge in [-0.05, 0) is 41.9 Å². The Bertz CT molecular complexity index is 447. The van der Waals surface area contributed by atoms with E-state index in [4.69, 9.17) is 0 Å². The Kier molecular flexibility index (Phi) is 6.49. The molecular weight excluding hydrogens is 310 g/mol. The Morgan fingerprint density at radius 3 is 2.63 bits per heavy atom. The minimum atomic E-state index is -0.199. The molecule has 5 nitrogen and oxygen atoms in total. The number of carbonyl (C=O) groups is 2. The lowest BCUT2D eigenvalue weighted by Crippen LogP contribution is -2.34. The molecule has 0 fully saturated rings. The van der Waals surface area contributed by atoms with Gasteiger partial charge >= 0.3 is 0 Å². The highest BCUT2D eigenvalue weighted by Crippen LogP contribution is 2.07. The molecule has 104 valence electrons. The second kappa shape index (κ2) is 7.89. The van der Waals surface area contributed by atoms with Crippen LogP contribution in [0.5, 0.6) is 0 Å². The van der Waals surface area contributed by atoms with E-state index < -0.39 is 0 Å². The lowest BCUT2D eigenvalue weighted by Gasteiger charge is -2.18. The highest BCUT2D eigenvalue weighted by molar-refractivity contribution is 9.10. The summed E-state index contributed by atoms with van der Waals surface area (Å²) in [7, 11) is 0. The number of hydrogen-bond donors (Lipinski definition) is 1. The van der Waals surface area contributed by atoms with Crippen LogP contribution in [0.3, 0.4) is 0 Å². The van der Waals surface area contributed by atoms with Gasteiger partial charge in [0.2, 0.25) is 5.91 Å². The van der Waals surface area contributed by atoms with Crippen LogP contribution >= 0.6 is 15.9 Å². The summed E-state index contributed by atoms with van der Waals surface area (Å²) in [6.45, 7) is 5.61. The van der Waals surface area contributed by atoms with Gasteiger partial charge in [-0.2, -0.15) is 0 Å². The Hall–Kier alpha value is -1.43. The van der Waals surface area contributed by atoms with E-state index in [1.807, 2.05) is 13.8 Å². The first-order chi connectivity index (χ1) is 9.08. The molecule has 1 heterocycles. The van der Waals surface area contributed by atoms with E-state index in [-0.39, 0.29) is 11.8 Å². The SMILES string of the molecule is CCN(CC)C(=O)CCNC(=O)c1ccnc(Br)c1. The van der Waals surface area contributed by atoms with Crippen LogP contribution in [0.4, 0.5) is 0 Å². The van der Waals surface area contributed by atoms with E-state index in [1.54, 1.807) is 23.2 Å². The molecule has 1 aromatic heterocycles. The fourth-order valence-corrected chi connectivity index (χ4v) is 2.03. The van der Waals surface area contributed by atoms with Gasteiger partial charge in [-0.1, -0.05) is 0 Å². The maximum Gasteiger partial charge on any atom is 0.251 e. The average Bonchev–Trinajstić information content (AvgIpc) is 2.40. The number of aromatic nitrogens is 1. The summed E-state index contributed by atoms with van der Waals surface area (Å²) in [5, 5.41) is 2.73. The Morgan fingerprint density at radius 2 is 2.05 bits per heavy atom. The van der Waals surface area contributed by atoms with Crippen LogP contribution in [0.1, 0.15) is 30.6 Å². The van der Waals surface area contributed by atoms with Gasteiger partial charge < -0.3 is 10.2 Å². The number of pyridine rings is 1. The number of halogens is 1. The summed E-state index contributed by atoms with van der Waals surface area (Å²) in [6.07, 6.45) is 1.87. The second-order valence-electron chi connectivity index (χ2n) is 3.94. The van der Waals surface area contributed by atoms with Gasteiger partial charge in [-0.3, -0.25) is 9.59 Å². The van der Waals surface area contributed by atoms with Crippen LogP contribution in [0.2, 0.25) is 0 Å². The van der Waals surface area contributed by atoms with Crippen LogP contribution in [0.25, 0.3) is 0 Å². The lowest BCUT2D eigenvalue weighted by atomic mass is 10.2. The molecule has 1 aromatic rings. The fourth-order valence-electron chi connectivity index (χ4n) is 1.66. The molecule has 0 atom stereocenters. The van der Waals surface area contributed by atoms with Crippen LogP contribution in [-0.2, 0) is 4.79 Å². The smallest absolute Gasteiger partial charge is 0.251 e. The molecule has 0 radical (unpaired) electrons. The molecule has 0 bridgehead atoms. The zero-order chi connectivity index (χ0) is 14.3. The molecule has 1 rings (SSSR count). The van der Waals surface area contributed by atoms with Crippen molar-refractivity contribution in [3.05, 3.63) is 28.5 Å². The van der Waals surface area contributed by atoms with Crippen LogP contribution in [0, 0.1) is 0 Å². The van der Waals surface area contributed by atoms with Crippen molar-refractivity contribution in [2.24, 2.45) is 0 Å². The fraction of sp³-hybridized carbons (Fsp3) is 0.462.